The van der Waals surface area contributed by atoms with Crippen LogP contribution in [0, 0.1) is 27.7 Å². The van der Waals surface area contributed by atoms with Crippen molar-refractivity contribution in [3.63, 3.8) is 0 Å². The average Bonchev–Trinajstić information content (AvgIpc) is 2.74. The molecule has 0 aromatic carbocycles. The number of nitrogens with one attached hydrogen (secondary N) is 1. The molecule has 0 amide bonds. The van der Waals surface area contributed by atoms with E-state index in [1.54, 1.807) is 6.20 Å². The molecule has 4 heteroatoms. The number of hydrogen-bond acceptors (Lipinski definition) is 4. The van der Waals surface area contributed by atoms with E-state index in [2.05, 4.69) is 49.0 Å². The molecule has 2 unspecified atom stereocenters. The maximum Gasteiger partial charge on any atom is 0.211 e. The number of pyridine rings is 1. The van der Waals surface area contributed by atoms with Crippen LogP contribution in [0.15, 0.2) is 16.7 Å². The standard InChI is InChI=1S/C16H23N3O/c1-9-7-10(2)18-12(4)15(9)13(5)19-14(6)16-17-8-11(3)20-16/h7-8,13-14,19H,1-6H3. The van der Waals surface area contributed by atoms with E-state index in [0.717, 1.165) is 23.0 Å². The van der Waals surface area contributed by atoms with Gasteiger partial charge in [0.05, 0.1) is 12.2 Å². The van der Waals surface area contributed by atoms with E-state index in [0.29, 0.717) is 0 Å². The fraction of sp³-hybridized carbons (Fsp3) is 0.500. The SMILES string of the molecule is Cc1cc(C)c(C(C)NC(C)c2ncc(C)o2)c(C)n1. The topological polar surface area (TPSA) is 51.0 Å². The first-order chi connectivity index (χ1) is 9.38. The predicted molar refractivity (Wildman–Crippen MR) is 79.7 cm³/mol. The van der Waals surface area contributed by atoms with Crippen LogP contribution in [-0.2, 0) is 0 Å². The minimum absolute atomic E-state index is 0.0683. The number of rotatable bonds is 4. The summed E-state index contributed by atoms with van der Waals surface area (Å²) in [6.07, 6.45) is 1.75. The predicted octanol–water partition coefficient (Wildman–Crippen LogP) is 3.72. The molecule has 2 aromatic heterocycles. The summed E-state index contributed by atoms with van der Waals surface area (Å²) in [5.74, 6) is 1.57. The van der Waals surface area contributed by atoms with Crippen molar-refractivity contribution in [1.29, 1.82) is 0 Å². The fourth-order valence-corrected chi connectivity index (χ4v) is 2.79. The minimum Gasteiger partial charge on any atom is -0.444 e. The first-order valence-electron chi connectivity index (χ1n) is 7.01. The highest BCUT2D eigenvalue weighted by Crippen LogP contribution is 2.24. The van der Waals surface area contributed by atoms with Crippen LogP contribution in [0.3, 0.4) is 0 Å². The second kappa shape index (κ2) is 5.75. The van der Waals surface area contributed by atoms with Gasteiger partial charge in [0.1, 0.15) is 5.76 Å². The Balaban J connectivity index is 2.18. The van der Waals surface area contributed by atoms with Gasteiger partial charge in [-0.2, -0.15) is 0 Å². The van der Waals surface area contributed by atoms with Gasteiger partial charge in [-0.1, -0.05) is 0 Å². The van der Waals surface area contributed by atoms with Crippen LogP contribution in [-0.4, -0.2) is 9.97 Å². The fourth-order valence-electron chi connectivity index (χ4n) is 2.79. The molecule has 2 atom stereocenters. The molecule has 2 rings (SSSR count). The molecular weight excluding hydrogens is 250 g/mol. The quantitative estimate of drug-likeness (QED) is 0.922. The zero-order valence-corrected chi connectivity index (χ0v) is 13.1. The summed E-state index contributed by atoms with van der Waals surface area (Å²) < 4.78 is 5.57. The van der Waals surface area contributed by atoms with Gasteiger partial charge >= 0.3 is 0 Å². The molecule has 0 saturated heterocycles. The van der Waals surface area contributed by atoms with Crippen molar-refractivity contribution in [2.75, 3.05) is 0 Å². The van der Waals surface area contributed by atoms with Crippen molar-refractivity contribution in [2.24, 2.45) is 0 Å². The highest BCUT2D eigenvalue weighted by molar-refractivity contribution is 5.33. The van der Waals surface area contributed by atoms with Gasteiger partial charge in [-0.15, -0.1) is 0 Å². The molecule has 1 N–H and O–H groups in total. The van der Waals surface area contributed by atoms with Gasteiger partial charge in [0, 0.05) is 17.4 Å². The molecule has 0 radical (unpaired) electrons. The third-order valence-electron chi connectivity index (χ3n) is 3.53. The van der Waals surface area contributed by atoms with Crippen molar-refractivity contribution in [3.05, 3.63) is 46.4 Å². The number of oxazole rings is 1. The van der Waals surface area contributed by atoms with Crippen molar-refractivity contribution in [3.8, 4) is 0 Å². The number of nitrogens with zero attached hydrogens (tertiary/aromatic N) is 2. The van der Waals surface area contributed by atoms with Gasteiger partial charge in [0.25, 0.3) is 0 Å². The molecule has 0 aliphatic carbocycles. The van der Waals surface area contributed by atoms with Crippen LogP contribution in [0.4, 0.5) is 0 Å². The molecular formula is C16H23N3O. The summed E-state index contributed by atoms with van der Waals surface area (Å²) in [7, 11) is 0. The summed E-state index contributed by atoms with van der Waals surface area (Å²) in [6, 6.07) is 2.39. The molecule has 0 fully saturated rings. The maximum absolute atomic E-state index is 5.57. The minimum atomic E-state index is 0.0683. The average molecular weight is 273 g/mol. The van der Waals surface area contributed by atoms with Crippen molar-refractivity contribution >= 4 is 0 Å². The van der Waals surface area contributed by atoms with Crippen LogP contribution in [0.25, 0.3) is 0 Å². The first-order valence-corrected chi connectivity index (χ1v) is 7.01. The zero-order valence-electron chi connectivity index (χ0n) is 13.1. The summed E-state index contributed by atoms with van der Waals surface area (Å²) in [4.78, 5) is 8.84. The lowest BCUT2D eigenvalue weighted by molar-refractivity contribution is 0.379. The van der Waals surface area contributed by atoms with Gasteiger partial charge in [-0.25, -0.2) is 4.98 Å². The summed E-state index contributed by atoms with van der Waals surface area (Å²) in [5.41, 5.74) is 4.67. The molecule has 0 spiro atoms. The number of hydrogen-bond donors (Lipinski definition) is 1. The monoisotopic (exact) mass is 273 g/mol. The highest BCUT2D eigenvalue weighted by Gasteiger charge is 2.18. The molecule has 2 heterocycles. The van der Waals surface area contributed by atoms with Crippen LogP contribution in [0.1, 0.15) is 60.1 Å². The van der Waals surface area contributed by atoms with E-state index in [4.69, 9.17) is 4.42 Å². The van der Waals surface area contributed by atoms with Crippen molar-refractivity contribution in [1.82, 2.24) is 15.3 Å². The smallest absolute Gasteiger partial charge is 0.211 e. The van der Waals surface area contributed by atoms with Gasteiger partial charge < -0.3 is 4.42 Å². The highest BCUT2D eigenvalue weighted by atomic mass is 16.4. The molecule has 0 saturated carbocycles. The van der Waals surface area contributed by atoms with E-state index in [9.17, 15) is 0 Å². The molecule has 4 nitrogen and oxygen atoms in total. The zero-order chi connectivity index (χ0) is 14.9. The second-order valence-corrected chi connectivity index (χ2v) is 5.50. The van der Waals surface area contributed by atoms with Crippen molar-refractivity contribution in [2.45, 2.75) is 53.6 Å². The van der Waals surface area contributed by atoms with Crippen LogP contribution in [0.2, 0.25) is 0 Å². The number of aryl methyl sites for hydroxylation is 4. The summed E-state index contributed by atoms with van der Waals surface area (Å²) in [5, 5.41) is 3.53. The third kappa shape index (κ3) is 3.07. The molecule has 2 aromatic rings. The molecule has 0 bridgehead atoms. The maximum atomic E-state index is 5.57. The Hall–Kier alpha value is -1.68. The second-order valence-electron chi connectivity index (χ2n) is 5.50. The van der Waals surface area contributed by atoms with Gasteiger partial charge in [-0.3, -0.25) is 10.3 Å². The Kier molecular flexibility index (Phi) is 4.23. The first kappa shape index (κ1) is 14.7. The number of aromatic nitrogens is 2. The van der Waals surface area contributed by atoms with Crippen LogP contribution in [0.5, 0.6) is 0 Å². The van der Waals surface area contributed by atoms with E-state index >= 15 is 0 Å². The van der Waals surface area contributed by atoms with Gasteiger partial charge in [0.15, 0.2) is 0 Å². The van der Waals surface area contributed by atoms with Crippen LogP contribution >= 0.6 is 0 Å². The lowest BCUT2D eigenvalue weighted by atomic mass is 10.00. The summed E-state index contributed by atoms with van der Waals surface area (Å²) in [6.45, 7) is 12.3. The molecule has 0 aliphatic rings. The normalized spacial score (nSPS) is 14.3. The lowest BCUT2D eigenvalue weighted by Crippen LogP contribution is -2.24. The Morgan fingerprint density at radius 2 is 1.80 bits per heavy atom. The van der Waals surface area contributed by atoms with E-state index in [1.807, 2.05) is 13.8 Å². The molecule has 0 aliphatic heterocycles. The summed E-state index contributed by atoms with van der Waals surface area (Å²) >= 11 is 0. The Morgan fingerprint density at radius 1 is 1.10 bits per heavy atom. The van der Waals surface area contributed by atoms with E-state index in [-0.39, 0.29) is 12.1 Å². The largest absolute Gasteiger partial charge is 0.444 e. The third-order valence-corrected chi connectivity index (χ3v) is 3.53. The van der Waals surface area contributed by atoms with Crippen molar-refractivity contribution < 1.29 is 4.42 Å². The molecule has 20 heavy (non-hydrogen) atoms. The van der Waals surface area contributed by atoms with E-state index in [1.165, 1.54) is 11.1 Å². The van der Waals surface area contributed by atoms with Crippen LogP contribution < -0.4 is 5.32 Å². The molecule has 108 valence electrons. The Labute approximate surface area is 120 Å². The Bertz CT molecular complexity index is 581. The van der Waals surface area contributed by atoms with Gasteiger partial charge in [0.2, 0.25) is 5.89 Å². The lowest BCUT2D eigenvalue weighted by Gasteiger charge is -2.21. The van der Waals surface area contributed by atoms with Gasteiger partial charge in [-0.05, 0) is 58.7 Å². The van der Waals surface area contributed by atoms with E-state index < -0.39 is 0 Å². The Morgan fingerprint density at radius 3 is 2.35 bits per heavy atom.